The van der Waals surface area contributed by atoms with Gasteiger partial charge in [0.25, 0.3) is 0 Å². The van der Waals surface area contributed by atoms with Crippen LogP contribution in [0.3, 0.4) is 0 Å². The highest BCUT2D eigenvalue weighted by molar-refractivity contribution is 7.11. The van der Waals surface area contributed by atoms with E-state index in [1.807, 2.05) is 11.3 Å². The number of rotatable bonds is 6. The van der Waals surface area contributed by atoms with Gasteiger partial charge in [0.2, 0.25) is 0 Å². The van der Waals surface area contributed by atoms with Crippen molar-refractivity contribution in [2.45, 2.75) is 39.7 Å². The first-order valence-corrected chi connectivity index (χ1v) is 8.15. The summed E-state index contributed by atoms with van der Waals surface area (Å²) in [6, 6.07) is 2.67. The van der Waals surface area contributed by atoms with Crippen molar-refractivity contribution in [1.82, 2.24) is 10.3 Å². The molecule has 0 aromatic carbocycles. The summed E-state index contributed by atoms with van der Waals surface area (Å²) < 4.78 is 0. The lowest BCUT2D eigenvalue weighted by Crippen LogP contribution is -2.21. The van der Waals surface area contributed by atoms with Crippen LogP contribution < -0.4 is 5.32 Å². The van der Waals surface area contributed by atoms with Crippen LogP contribution in [0, 0.1) is 13.8 Å². The lowest BCUT2D eigenvalue weighted by molar-refractivity contribution is 0.520. The van der Waals surface area contributed by atoms with Crippen molar-refractivity contribution in [3.8, 4) is 0 Å². The summed E-state index contributed by atoms with van der Waals surface area (Å²) in [6.45, 7) is 7.38. The molecule has 2 aromatic rings. The molecule has 0 amide bonds. The van der Waals surface area contributed by atoms with Crippen LogP contribution in [0.15, 0.2) is 16.8 Å². The predicted molar refractivity (Wildman–Crippen MR) is 80.6 cm³/mol. The Morgan fingerprint density at radius 1 is 1.39 bits per heavy atom. The molecule has 0 aliphatic rings. The van der Waals surface area contributed by atoms with E-state index < -0.39 is 0 Å². The van der Waals surface area contributed by atoms with E-state index in [0.717, 1.165) is 19.4 Å². The van der Waals surface area contributed by atoms with Gasteiger partial charge in [-0.05, 0) is 55.6 Å². The summed E-state index contributed by atoms with van der Waals surface area (Å²) in [6.07, 6.45) is 2.28. The van der Waals surface area contributed by atoms with Crippen LogP contribution in [-0.4, -0.2) is 11.5 Å². The minimum absolute atomic E-state index is 0.445. The highest BCUT2D eigenvalue weighted by atomic mass is 32.1. The number of aromatic nitrogens is 1. The molecule has 2 nitrogen and oxygen atoms in total. The number of hydrogen-bond acceptors (Lipinski definition) is 4. The highest BCUT2D eigenvalue weighted by Gasteiger charge is 2.16. The minimum atomic E-state index is 0.445. The third-order valence-electron chi connectivity index (χ3n) is 3.01. The van der Waals surface area contributed by atoms with Crippen LogP contribution >= 0.6 is 22.7 Å². The molecule has 1 atom stereocenters. The fourth-order valence-electron chi connectivity index (χ4n) is 2.19. The molecule has 98 valence electrons. The third-order valence-corrected chi connectivity index (χ3v) is 4.93. The lowest BCUT2D eigenvalue weighted by Gasteiger charge is -2.16. The fraction of sp³-hybridized carbons (Fsp3) is 0.500. The van der Waals surface area contributed by atoms with Crippen molar-refractivity contribution in [1.29, 1.82) is 0 Å². The Morgan fingerprint density at radius 2 is 2.22 bits per heavy atom. The van der Waals surface area contributed by atoms with Gasteiger partial charge in [0.05, 0.1) is 10.7 Å². The van der Waals surface area contributed by atoms with Crippen LogP contribution in [0.1, 0.15) is 40.5 Å². The first kappa shape index (κ1) is 13.7. The zero-order chi connectivity index (χ0) is 13.0. The Morgan fingerprint density at radius 3 is 2.78 bits per heavy atom. The van der Waals surface area contributed by atoms with Crippen molar-refractivity contribution < 1.29 is 0 Å². The molecular formula is C14H20N2S2. The number of thiazole rings is 1. The van der Waals surface area contributed by atoms with Crippen LogP contribution in [-0.2, 0) is 6.42 Å². The molecule has 1 N–H and O–H groups in total. The summed E-state index contributed by atoms with van der Waals surface area (Å²) in [5.74, 6) is 0. The molecule has 2 heterocycles. The van der Waals surface area contributed by atoms with Crippen LogP contribution in [0.4, 0.5) is 0 Å². The molecule has 0 saturated heterocycles. The summed E-state index contributed by atoms with van der Waals surface area (Å²) in [7, 11) is 0. The van der Waals surface area contributed by atoms with E-state index in [2.05, 4.69) is 47.9 Å². The van der Waals surface area contributed by atoms with Gasteiger partial charge in [0.15, 0.2) is 0 Å². The smallest absolute Gasteiger partial charge is 0.0900 e. The molecule has 4 heteroatoms. The van der Waals surface area contributed by atoms with Gasteiger partial charge in [-0.3, -0.25) is 0 Å². The molecule has 0 radical (unpaired) electrons. The average molecular weight is 280 g/mol. The van der Waals surface area contributed by atoms with E-state index in [1.165, 1.54) is 21.1 Å². The molecule has 0 spiro atoms. The largest absolute Gasteiger partial charge is 0.309 e. The topological polar surface area (TPSA) is 24.9 Å². The third kappa shape index (κ3) is 3.40. The number of aryl methyl sites for hydroxylation is 3. The first-order chi connectivity index (χ1) is 8.70. The van der Waals surface area contributed by atoms with Crippen molar-refractivity contribution in [2.24, 2.45) is 0 Å². The van der Waals surface area contributed by atoms with Gasteiger partial charge in [-0.15, -0.1) is 11.3 Å². The van der Waals surface area contributed by atoms with Gasteiger partial charge < -0.3 is 5.32 Å². The summed E-state index contributed by atoms with van der Waals surface area (Å²) in [5, 5.41) is 9.15. The summed E-state index contributed by atoms with van der Waals surface area (Å²) in [4.78, 5) is 5.95. The second-order valence-corrected chi connectivity index (χ2v) is 6.48. The zero-order valence-corrected chi connectivity index (χ0v) is 12.8. The van der Waals surface area contributed by atoms with Gasteiger partial charge in [0.1, 0.15) is 0 Å². The monoisotopic (exact) mass is 280 g/mol. The van der Waals surface area contributed by atoms with Crippen molar-refractivity contribution in [3.63, 3.8) is 0 Å². The SMILES string of the molecule is CCNC(CCc1ccsc1)c1sc(C)nc1C. The second-order valence-electron chi connectivity index (χ2n) is 4.46. The van der Waals surface area contributed by atoms with Crippen molar-refractivity contribution >= 4 is 22.7 Å². The predicted octanol–water partition coefficient (Wildman–Crippen LogP) is 4.10. The van der Waals surface area contributed by atoms with E-state index in [0.29, 0.717) is 6.04 Å². The van der Waals surface area contributed by atoms with E-state index in [4.69, 9.17) is 0 Å². The highest BCUT2D eigenvalue weighted by Crippen LogP contribution is 2.28. The molecule has 0 fully saturated rings. The maximum absolute atomic E-state index is 4.54. The van der Waals surface area contributed by atoms with Gasteiger partial charge in [-0.25, -0.2) is 4.98 Å². The van der Waals surface area contributed by atoms with Gasteiger partial charge in [-0.1, -0.05) is 6.92 Å². The lowest BCUT2D eigenvalue weighted by atomic mass is 10.1. The molecule has 18 heavy (non-hydrogen) atoms. The van der Waals surface area contributed by atoms with E-state index in [9.17, 15) is 0 Å². The summed E-state index contributed by atoms with van der Waals surface area (Å²) in [5.41, 5.74) is 2.63. The van der Waals surface area contributed by atoms with Crippen LogP contribution in [0.2, 0.25) is 0 Å². The summed E-state index contributed by atoms with van der Waals surface area (Å²) >= 11 is 3.61. The molecular weight excluding hydrogens is 260 g/mol. The maximum atomic E-state index is 4.54. The van der Waals surface area contributed by atoms with E-state index in [1.54, 1.807) is 11.3 Å². The van der Waals surface area contributed by atoms with Gasteiger partial charge >= 0.3 is 0 Å². The standard InChI is InChI=1S/C14H20N2S2/c1-4-15-13(6-5-12-7-8-17-9-12)14-10(2)16-11(3)18-14/h7-9,13,15H,4-6H2,1-3H3. The Hall–Kier alpha value is -0.710. The molecule has 1 unspecified atom stereocenters. The Labute approximate surface area is 117 Å². The number of nitrogens with one attached hydrogen (secondary N) is 1. The molecule has 0 aliphatic heterocycles. The number of thiophene rings is 1. The van der Waals surface area contributed by atoms with E-state index >= 15 is 0 Å². The van der Waals surface area contributed by atoms with Crippen molar-refractivity contribution in [2.75, 3.05) is 6.54 Å². The minimum Gasteiger partial charge on any atom is -0.309 e. The molecule has 0 aliphatic carbocycles. The van der Waals surface area contributed by atoms with E-state index in [-0.39, 0.29) is 0 Å². The van der Waals surface area contributed by atoms with Crippen LogP contribution in [0.5, 0.6) is 0 Å². The molecule has 2 rings (SSSR count). The molecule has 0 bridgehead atoms. The number of nitrogens with zero attached hydrogens (tertiary/aromatic N) is 1. The quantitative estimate of drug-likeness (QED) is 0.861. The zero-order valence-electron chi connectivity index (χ0n) is 11.2. The fourth-order valence-corrected chi connectivity index (χ4v) is 3.93. The Kier molecular flexibility index (Phi) is 4.92. The maximum Gasteiger partial charge on any atom is 0.0900 e. The first-order valence-electron chi connectivity index (χ1n) is 6.39. The van der Waals surface area contributed by atoms with Crippen molar-refractivity contribution in [3.05, 3.63) is 38.0 Å². The molecule has 2 aromatic heterocycles. The second kappa shape index (κ2) is 6.45. The molecule has 0 saturated carbocycles. The Balaban J connectivity index is 2.05. The average Bonchev–Trinajstić information content (AvgIpc) is 2.94. The normalized spacial score (nSPS) is 12.8. The van der Waals surface area contributed by atoms with Gasteiger partial charge in [-0.2, -0.15) is 11.3 Å². The van der Waals surface area contributed by atoms with Crippen LogP contribution in [0.25, 0.3) is 0 Å². The number of hydrogen-bond donors (Lipinski definition) is 1. The Bertz CT molecular complexity index is 474. The van der Waals surface area contributed by atoms with Gasteiger partial charge in [0, 0.05) is 10.9 Å².